The van der Waals surface area contributed by atoms with E-state index in [0.29, 0.717) is 0 Å². The van der Waals surface area contributed by atoms with Gasteiger partial charge in [0.25, 0.3) is 0 Å². The normalized spacial score (nSPS) is 10.6. The first-order valence-electron chi connectivity index (χ1n) is 7.79. The summed E-state index contributed by atoms with van der Waals surface area (Å²) >= 11 is 0. The molecule has 0 aliphatic heterocycles. The Hall–Kier alpha value is -3.54. The average Bonchev–Trinajstić information content (AvgIpc) is 3.19. The van der Waals surface area contributed by atoms with Gasteiger partial charge in [-0.25, -0.2) is 9.67 Å². The van der Waals surface area contributed by atoms with Crippen LogP contribution in [0.2, 0.25) is 0 Å². The predicted octanol–water partition coefficient (Wildman–Crippen LogP) is 3.40. The van der Waals surface area contributed by atoms with Crippen LogP contribution in [0.15, 0.2) is 73.2 Å². The van der Waals surface area contributed by atoms with Crippen molar-refractivity contribution in [3.63, 3.8) is 0 Å². The van der Waals surface area contributed by atoms with Crippen LogP contribution in [-0.2, 0) is 0 Å². The third-order valence-corrected chi connectivity index (χ3v) is 3.82. The van der Waals surface area contributed by atoms with Crippen molar-refractivity contribution in [2.75, 3.05) is 7.11 Å². The Labute approximate surface area is 144 Å². The average molecular weight is 329 g/mol. The van der Waals surface area contributed by atoms with Crippen molar-refractivity contribution in [3.8, 4) is 34.1 Å². The summed E-state index contributed by atoms with van der Waals surface area (Å²) in [6.07, 6.45) is 5.33. The molecule has 0 spiro atoms. The minimum atomic E-state index is 0.721. The zero-order valence-electron chi connectivity index (χ0n) is 13.6. The van der Waals surface area contributed by atoms with Crippen molar-refractivity contribution < 1.29 is 4.74 Å². The maximum absolute atomic E-state index is 5.55. The van der Waals surface area contributed by atoms with Crippen LogP contribution in [-0.4, -0.2) is 32.1 Å². The number of methoxy groups -OCH3 is 1. The standard InChI is InChI=1S/C19H15N5O/c1-25-18-12-14(8-9-15(18)16-6-2-4-10-20-16)17-13-24(23-22-17)19-7-3-5-11-21-19/h2-13H,1H3. The molecule has 6 nitrogen and oxygen atoms in total. The molecule has 0 saturated heterocycles. The Morgan fingerprint density at radius 3 is 2.44 bits per heavy atom. The molecule has 0 aliphatic carbocycles. The van der Waals surface area contributed by atoms with Crippen molar-refractivity contribution in [1.29, 1.82) is 0 Å². The maximum Gasteiger partial charge on any atom is 0.155 e. The summed E-state index contributed by atoms with van der Waals surface area (Å²) in [6, 6.07) is 17.4. The van der Waals surface area contributed by atoms with Gasteiger partial charge in [0, 0.05) is 23.5 Å². The van der Waals surface area contributed by atoms with E-state index >= 15 is 0 Å². The molecule has 3 heterocycles. The highest BCUT2D eigenvalue weighted by atomic mass is 16.5. The van der Waals surface area contributed by atoms with Crippen molar-refractivity contribution >= 4 is 0 Å². The first-order valence-corrected chi connectivity index (χ1v) is 7.79. The van der Waals surface area contributed by atoms with E-state index in [1.807, 2.05) is 60.8 Å². The molecule has 4 rings (SSSR count). The largest absolute Gasteiger partial charge is 0.496 e. The smallest absolute Gasteiger partial charge is 0.155 e. The summed E-state index contributed by atoms with van der Waals surface area (Å²) in [7, 11) is 1.65. The SMILES string of the molecule is COc1cc(-c2cn(-c3ccccn3)nn2)ccc1-c1ccccn1. The quantitative estimate of drug-likeness (QED) is 0.574. The highest BCUT2D eigenvalue weighted by molar-refractivity contribution is 5.73. The Bertz CT molecular complexity index is 983. The van der Waals surface area contributed by atoms with Gasteiger partial charge in [-0.2, -0.15) is 0 Å². The second-order valence-corrected chi connectivity index (χ2v) is 5.37. The van der Waals surface area contributed by atoms with Gasteiger partial charge in [0.1, 0.15) is 11.4 Å². The molecule has 3 aromatic heterocycles. The lowest BCUT2D eigenvalue weighted by Gasteiger charge is -2.09. The van der Waals surface area contributed by atoms with Crippen LogP contribution in [0, 0.1) is 0 Å². The Balaban J connectivity index is 1.71. The molecular formula is C19H15N5O. The van der Waals surface area contributed by atoms with Gasteiger partial charge in [-0.05, 0) is 36.4 Å². The minimum absolute atomic E-state index is 0.721. The number of nitrogens with zero attached hydrogens (tertiary/aromatic N) is 5. The molecule has 0 atom stereocenters. The van der Waals surface area contributed by atoms with E-state index < -0.39 is 0 Å². The Morgan fingerprint density at radius 2 is 1.72 bits per heavy atom. The molecule has 0 N–H and O–H groups in total. The van der Waals surface area contributed by atoms with E-state index in [4.69, 9.17) is 4.74 Å². The topological polar surface area (TPSA) is 65.7 Å². The summed E-state index contributed by atoms with van der Waals surface area (Å²) in [4.78, 5) is 8.65. The number of hydrogen-bond donors (Lipinski definition) is 0. The highest BCUT2D eigenvalue weighted by Gasteiger charge is 2.11. The van der Waals surface area contributed by atoms with Crippen LogP contribution >= 0.6 is 0 Å². The van der Waals surface area contributed by atoms with Gasteiger partial charge in [0.2, 0.25) is 0 Å². The number of hydrogen-bond acceptors (Lipinski definition) is 5. The number of ether oxygens (including phenoxy) is 1. The molecule has 1 aromatic carbocycles. The second kappa shape index (κ2) is 6.52. The lowest BCUT2D eigenvalue weighted by Crippen LogP contribution is -1.96. The van der Waals surface area contributed by atoms with Crippen LogP contribution < -0.4 is 4.74 Å². The molecule has 6 heteroatoms. The molecule has 0 aliphatic rings. The first-order chi connectivity index (χ1) is 12.3. The molecule has 0 amide bonds. The number of aromatic nitrogens is 5. The van der Waals surface area contributed by atoms with E-state index in [9.17, 15) is 0 Å². The third kappa shape index (κ3) is 2.97. The maximum atomic E-state index is 5.55. The van der Waals surface area contributed by atoms with Crippen LogP contribution in [0.25, 0.3) is 28.3 Å². The summed E-state index contributed by atoms with van der Waals surface area (Å²) in [5.74, 6) is 1.46. The highest BCUT2D eigenvalue weighted by Crippen LogP contribution is 2.32. The molecule has 0 unspecified atom stereocenters. The number of rotatable bonds is 4. The molecule has 0 bridgehead atoms. The lowest BCUT2D eigenvalue weighted by atomic mass is 10.1. The van der Waals surface area contributed by atoms with Crippen molar-refractivity contribution in [3.05, 3.63) is 73.2 Å². The van der Waals surface area contributed by atoms with Crippen LogP contribution in [0.1, 0.15) is 0 Å². The molecule has 0 saturated carbocycles. The fraction of sp³-hybridized carbons (Fsp3) is 0.0526. The molecule has 4 aromatic rings. The Kier molecular flexibility index (Phi) is 3.92. The summed E-state index contributed by atoms with van der Waals surface area (Å²) in [5.41, 5.74) is 3.46. The van der Waals surface area contributed by atoms with Gasteiger partial charge in [-0.1, -0.05) is 23.4 Å². The first kappa shape index (κ1) is 15.0. The molecule has 25 heavy (non-hydrogen) atoms. The van der Waals surface area contributed by atoms with Crippen molar-refractivity contribution in [2.24, 2.45) is 0 Å². The lowest BCUT2D eigenvalue weighted by molar-refractivity contribution is 0.416. The third-order valence-electron chi connectivity index (χ3n) is 3.82. The second-order valence-electron chi connectivity index (χ2n) is 5.37. The fourth-order valence-electron chi connectivity index (χ4n) is 2.58. The van der Waals surface area contributed by atoms with Crippen LogP contribution in [0.5, 0.6) is 5.75 Å². The summed E-state index contributed by atoms with van der Waals surface area (Å²) in [5, 5.41) is 8.39. The van der Waals surface area contributed by atoms with E-state index in [1.54, 1.807) is 24.2 Å². The number of benzene rings is 1. The number of pyridine rings is 2. The van der Waals surface area contributed by atoms with Gasteiger partial charge < -0.3 is 4.74 Å². The van der Waals surface area contributed by atoms with E-state index in [1.165, 1.54) is 0 Å². The van der Waals surface area contributed by atoms with Crippen LogP contribution in [0.4, 0.5) is 0 Å². The van der Waals surface area contributed by atoms with E-state index in [0.717, 1.165) is 34.1 Å². The van der Waals surface area contributed by atoms with E-state index in [-0.39, 0.29) is 0 Å². The van der Waals surface area contributed by atoms with Gasteiger partial charge in [0.15, 0.2) is 5.82 Å². The van der Waals surface area contributed by atoms with Gasteiger partial charge in [-0.15, -0.1) is 5.10 Å². The van der Waals surface area contributed by atoms with Crippen molar-refractivity contribution in [2.45, 2.75) is 0 Å². The zero-order valence-corrected chi connectivity index (χ0v) is 13.6. The monoisotopic (exact) mass is 329 g/mol. The fourth-order valence-corrected chi connectivity index (χ4v) is 2.58. The zero-order chi connectivity index (χ0) is 17.1. The van der Waals surface area contributed by atoms with Gasteiger partial charge in [0.05, 0.1) is 19.0 Å². The van der Waals surface area contributed by atoms with Gasteiger partial charge in [-0.3, -0.25) is 4.98 Å². The van der Waals surface area contributed by atoms with E-state index in [2.05, 4.69) is 20.3 Å². The molecule has 122 valence electrons. The van der Waals surface area contributed by atoms with Crippen LogP contribution in [0.3, 0.4) is 0 Å². The Morgan fingerprint density at radius 1 is 0.880 bits per heavy atom. The molecule has 0 radical (unpaired) electrons. The minimum Gasteiger partial charge on any atom is -0.496 e. The van der Waals surface area contributed by atoms with Crippen molar-refractivity contribution in [1.82, 2.24) is 25.0 Å². The van der Waals surface area contributed by atoms with Gasteiger partial charge >= 0.3 is 0 Å². The predicted molar refractivity (Wildman–Crippen MR) is 94.4 cm³/mol. The molecular weight excluding hydrogens is 314 g/mol. The summed E-state index contributed by atoms with van der Waals surface area (Å²) < 4.78 is 7.19. The summed E-state index contributed by atoms with van der Waals surface area (Å²) in [6.45, 7) is 0. The molecule has 0 fully saturated rings.